The Kier molecular flexibility index (Phi) is 17.1. The molecule has 0 fully saturated rings. The van der Waals surface area contributed by atoms with Gasteiger partial charge in [0.25, 0.3) is 0 Å². The fourth-order valence-corrected chi connectivity index (χ4v) is 13.0. The summed E-state index contributed by atoms with van der Waals surface area (Å²) in [6, 6.07) is 59.7. The van der Waals surface area contributed by atoms with Crippen molar-refractivity contribution in [2.24, 2.45) is 0 Å². The van der Waals surface area contributed by atoms with Crippen LogP contribution in [-0.4, -0.2) is 7.25 Å². The van der Waals surface area contributed by atoms with E-state index in [0.29, 0.717) is 0 Å². The van der Waals surface area contributed by atoms with Gasteiger partial charge in [0.2, 0.25) is 0 Å². The summed E-state index contributed by atoms with van der Waals surface area (Å²) in [4.78, 5) is 0. The molecule has 0 amide bonds. The fourth-order valence-electron chi connectivity index (χ4n) is 7.25. The van der Waals surface area contributed by atoms with E-state index in [1.54, 1.807) is 10.6 Å². The monoisotopic (exact) mass is 876 g/mol. The quantitative estimate of drug-likeness (QED) is 0.0677. The standard InChI is InChI=1S/C40H34P2.C8H12.BF4.Rh/c1-5-13-35(14-6-1)41(36-15-7-2-8-16-36)39-29-31-21-25-33(39)27-23-32-22-26-34(28-24-31)40(30-32)42(37-17-9-3-10-18-37)38-19-11-4-12-20-38;1-2-4-6-8-7-5-3-1;2-1(3,4)5;/h1-22,25-26,29-30H,23-24,27-28H2;1-2,7-8H,3-6H2;;/q;;-1;/p+2/b;2-1-,8-7-;;. The van der Waals surface area contributed by atoms with Gasteiger partial charge in [-0.1, -0.05) is 121 Å². The van der Waals surface area contributed by atoms with Gasteiger partial charge in [-0.05, 0) is 134 Å². The van der Waals surface area contributed by atoms with Crippen molar-refractivity contribution in [3.8, 4) is 0 Å². The van der Waals surface area contributed by atoms with Crippen LogP contribution < -0.4 is 31.8 Å². The van der Waals surface area contributed by atoms with E-state index >= 15 is 0 Å². The molecule has 8 heteroatoms. The van der Waals surface area contributed by atoms with Crippen LogP contribution in [0.3, 0.4) is 0 Å². The molecule has 6 aromatic carbocycles. The molecule has 0 spiro atoms. The summed E-state index contributed by atoms with van der Waals surface area (Å²) in [5, 5.41) is 8.96. The molecule has 0 unspecified atom stereocenters. The minimum absolute atomic E-state index is 0. The van der Waals surface area contributed by atoms with Gasteiger partial charge in [0.1, 0.15) is 31.8 Å². The molecule has 5 aliphatic rings. The zero-order valence-electron chi connectivity index (χ0n) is 31.4. The van der Waals surface area contributed by atoms with E-state index in [4.69, 9.17) is 0 Å². The van der Waals surface area contributed by atoms with Crippen LogP contribution in [0, 0.1) is 0 Å². The van der Waals surface area contributed by atoms with E-state index in [2.05, 4.69) is 182 Å². The number of allylic oxidation sites excluding steroid dienone is 4. The maximum atomic E-state index is 9.75. The zero-order valence-corrected chi connectivity index (χ0v) is 35.0. The summed E-state index contributed by atoms with van der Waals surface area (Å²) in [5.74, 6) is 0. The first-order chi connectivity index (χ1) is 26.8. The molecule has 0 aromatic heterocycles. The van der Waals surface area contributed by atoms with Gasteiger partial charge in [-0.3, -0.25) is 0 Å². The van der Waals surface area contributed by atoms with Gasteiger partial charge in [-0.2, -0.15) is 0 Å². The largest absolute Gasteiger partial charge is 0.673 e. The number of aryl methyl sites for hydroxylation is 4. The number of rotatable bonds is 6. The maximum Gasteiger partial charge on any atom is 0.673 e. The van der Waals surface area contributed by atoms with Crippen molar-refractivity contribution >= 4 is 54.9 Å². The molecule has 56 heavy (non-hydrogen) atoms. The average Bonchev–Trinajstić information content (AvgIpc) is 3.18. The third-order valence-electron chi connectivity index (χ3n) is 9.84. The number of benzene rings is 6. The van der Waals surface area contributed by atoms with E-state index < -0.39 is 23.1 Å². The molecule has 0 saturated heterocycles. The molecule has 0 heterocycles. The molecule has 4 bridgehead atoms. The summed E-state index contributed by atoms with van der Waals surface area (Å²) in [7, 11) is -8.24. The van der Waals surface area contributed by atoms with Crippen LogP contribution in [-0.2, 0) is 45.2 Å². The van der Waals surface area contributed by atoms with Crippen LogP contribution in [0.15, 0.2) is 182 Å². The summed E-state index contributed by atoms with van der Waals surface area (Å²) >= 11 is 0. The van der Waals surface area contributed by atoms with Crippen LogP contribution in [0.5, 0.6) is 0 Å². The normalized spacial score (nSPS) is 14.7. The Morgan fingerprint density at radius 1 is 0.357 bits per heavy atom. The first kappa shape index (κ1) is 43.2. The van der Waals surface area contributed by atoms with E-state index in [9.17, 15) is 17.3 Å². The molecule has 0 nitrogen and oxygen atoms in total. The SMILES string of the molecule is C1=C\CC/C=C\CC/1.F[B-](F)(F)F.[Rh].c1ccc([PH+](c2ccccc2)c2cc3ccc2CCc2ccc(c([PH+](c4ccccc4)c4ccccc4)c2)CC3)cc1. The third-order valence-corrected chi connectivity index (χ3v) is 15.5. The molecular formula is C48H48BF4P2Rh+. The van der Waals surface area contributed by atoms with Crippen LogP contribution in [0.1, 0.15) is 47.9 Å². The van der Waals surface area contributed by atoms with E-state index in [1.807, 2.05) is 0 Å². The van der Waals surface area contributed by atoms with Gasteiger partial charge in [0, 0.05) is 19.5 Å². The molecule has 0 N–H and O–H groups in total. The summed E-state index contributed by atoms with van der Waals surface area (Å²) in [5.41, 5.74) is 5.91. The number of halogens is 4. The third kappa shape index (κ3) is 13.1. The van der Waals surface area contributed by atoms with Crippen LogP contribution >= 0.6 is 15.8 Å². The predicted molar refractivity (Wildman–Crippen MR) is 235 cm³/mol. The summed E-state index contributed by atoms with van der Waals surface area (Å²) in [6.45, 7) is 0. The summed E-state index contributed by atoms with van der Waals surface area (Å²) < 4.78 is 39.0. The Bertz CT molecular complexity index is 1880. The van der Waals surface area contributed by atoms with Crippen LogP contribution in [0.25, 0.3) is 0 Å². The van der Waals surface area contributed by atoms with Crippen molar-refractivity contribution in [2.45, 2.75) is 51.4 Å². The van der Waals surface area contributed by atoms with Gasteiger partial charge in [-0.25, -0.2) is 0 Å². The van der Waals surface area contributed by atoms with Gasteiger partial charge < -0.3 is 17.3 Å². The van der Waals surface area contributed by atoms with Gasteiger partial charge >= 0.3 is 7.25 Å². The van der Waals surface area contributed by atoms with Crippen molar-refractivity contribution in [2.75, 3.05) is 0 Å². The minimum atomic E-state index is -6.00. The fraction of sp³-hybridized carbons (Fsp3) is 0.167. The average molecular weight is 877 g/mol. The molecule has 6 aromatic rings. The number of hydrogen-bond acceptors (Lipinski definition) is 0. The van der Waals surface area contributed by atoms with Crippen molar-refractivity contribution in [3.05, 3.63) is 204 Å². The van der Waals surface area contributed by atoms with Crippen molar-refractivity contribution < 1.29 is 36.7 Å². The minimum Gasteiger partial charge on any atom is -0.418 e. The molecular weight excluding hydrogens is 828 g/mol. The first-order valence-corrected chi connectivity index (χ1v) is 22.2. The van der Waals surface area contributed by atoms with E-state index in [1.165, 1.54) is 69.2 Å². The molecule has 1 radical (unpaired) electrons. The van der Waals surface area contributed by atoms with Gasteiger partial charge in [-0.15, -0.1) is 0 Å². The molecule has 11 rings (SSSR count). The zero-order chi connectivity index (χ0) is 38.3. The molecule has 5 aliphatic carbocycles. The second-order valence-electron chi connectivity index (χ2n) is 13.8. The topological polar surface area (TPSA) is 0 Å². The molecule has 0 aliphatic heterocycles. The Balaban J connectivity index is 0.000000367. The van der Waals surface area contributed by atoms with Crippen molar-refractivity contribution in [1.82, 2.24) is 0 Å². The van der Waals surface area contributed by atoms with Crippen molar-refractivity contribution in [1.29, 1.82) is 0 Å². The molecule has 0 atom stereocenters. The smallest absolute Gasteiger partial charge is 0.418 e. The first-order valence-electron chi connectivity index (χ1n) is 19.2. The van der Waals surface area contributed by atoms with E-state index in [0.717, 1.165) is 25.7 Å². The molecule has 0 saturated carbocycles. The number of hydrogen-bond donors (Lipinski definition) is 0. The Morgan fingerprint density at radius 3 is 0.893 bits per heavy atom. The Morgan fingerprint density at radius 2 is 0.625 bits per heavy atom. The van der Waals surface area contributed by atoms with Gasteiger partial charge in [0.15, 0.2) is 0 Å². The second-order valence-corrected chi connectivity index (χ2v) is 18.7. The van der Waals surface area contributed by atoms with Crippen molar-refractivity contribution in [3.63, 3.8) is 0 Å². The Hall–Kier alpha value is -3.93. The maximum absolute atomic E-state index is 9.75. The predicted octanol–water partition coefficient (Wildman–Crippen LogP) is 10.5. The van der Waals surface area contributed by atoms with Gasteiger partial charge in [0.05, 0.1) is 15.8 Å². The second kappa shape index (κ2) is 22.1. The molecule has 289 valence electrons. The van der Waals surface area contributed by atoms with Crippen LogP contribution in [0.2, 0.25) is 0 Å². The van der Waals surface area contributed by atoms with Crippen LogP contribution in [0.4, 0.5) is 17.3 Å². The Labute approximate surface area is 345 Å². The summed E-state index contributed by atoms with van der Waals surface area (Å²) in [6.07, 6.45) is 18.2. The van der Waals surface area contributed by atoms with E-state index in [-0.39, 0.29) is 19.5 Å².